The van der Waals surface area contributed by atoms with E-state index >= 15 is 0 Å². The van der Waals surface area contributed by atoms with Crippen LogP contribution in [-0.2, 0) is 6.42 Å². The molecule has 56 valence electrons. The molecule has 1 aromatic rings. The molecule has 0 aliphatic heterocycles. The van der Waals surface area contributed by atoms with Crippen molar-refractivity contribution in [1.29, 1.82) is 0 Å². The lowest BCUT2D eigenvalue weighted by Gasteiger charge is -1.92. The van der Waals surface area contributed by atoms with Crippen LogP contribution in [0, 0.1) is 0 Å². The van der Waals surface area contributed by atoms with Crippen molar-refractivity contribution in [1.82, 2.24) is 4.98 Å². The van der Waals surface area contributed by atoms with E-state index in [0.717, 1.165) is 0 Å². The number of rotatable bonds is 4. The molecule has 0 radical (unpaired) electrons. The summed E-state index contributed by atoms with van der Waals surface area (Å²) in [4.78, 5) is 4.21. The topological polar surface area (TPSA) is 12.9 Å². The third-order valence-electron chi connectivity index (χ3n) is 1.48. The molecule has 0 fully saturated rings. The molecule has 0 N–H and O–H groups in total. The van der Waals surface area contributed by atoms with Gasteiger partial charge < -0.3 is 0 Å². The van der Waals surface area contributed by atoms with Gasteiger partial charge in [0, 0.05) is 11.6 Å². The van der Waals surface area contributed by atoms with Crippen LogP contribution in [0.3, 0.4) is 0 Å². The van der Waals surface area contributed by atoms with Crippen LogP contribution in [0.15, 0.2) is 11.6 Å². The van der Waals surface area contributed by atoms with Gasteiger partial charge in [0.05, 0.1) is 5.01 Å². The Hall–Kier alpha value is -0.370. The van der Waals surface area contributed by atoms with E-state index in [9.17, 15) is 0 Å². The highest BCUT2D eigenvalue weighted by Crippen LogP contribution is 2.08. The third kappa shape index (κ3) is 2.48. The van der Waals surface area contributed by atoms with Gasteiger partial charge in [0.1, 0.15) is 0 Å². The molecule has 0 unspecified atom stereocenters. The lowest BCUT2D eigenvalue weighted by Crippen LogP contribution is -1.81. The molecule has 0 bridgehead atoms. The fourth-order valence-electron chi connectivity index (χ4n) is 0.903. The maximum Gasteiger partial charge on any atom is 0.0924 e. The standard InChI is InChI=1S/C8H13NS/c1-2-3-4-5-8-9-6-7-10-8/h6-7H,2-5H2,1H3. The Bertz CT molecular complexity index is 158. The Morgan fingerprint density at radius 2 is 2.40 bits per heavy atom. The minimum absolute atomic E-state index is 1.17. The summed E-state index contributed by atoms with van der Waals surface area (Å²) in [6, 6.07) is 0. The summed E-state index contributed by atoms with van der Waals surface area (Å²) < 4.78 is 0. The molecule has 10 heavy (non-hydrogen) atoms. The smallest absolute Gasteiger partial charge is 0.0924 e. The van der Waals surface area contributed by atoms with Crippen molar-refractivity contribution in [2.45, 2.75) is 32.6 Å². The lowest BCUT2D eigenvalue weighted by molar-refractivity contribution is 0.715. The zero-order valence-corrected chi connectivity index (χ0v) is 7.16. The molecule has 1 rings (SSSR count). The second-order valence-electron chi connectivity index (χ2n) is 2.38. The first-order chi connectivity index (χ1) is 4.93. The summed E-state index contributed by atoms with van der Waals surface area (Å²) in [7, 11) is 0. The van der Waals surface area contributed by atoms with Gasteiger partial charge in [0.25, 0.3) is 0 Å². The quantitative estimate of drug-likeness (QED) is 0.609. The molecule has 0 atom stereocenters. The molecular weight excluding hydrogens is 142 g/mol. The second kappa shape index (κ2) is 4.45. The summed E-state index contributed by atoms with van der Waals surface area (Å²) in [5, 5.41) is 3.33. The van der Waals surface area contributed by atoms with E-state index < -0.39 is 0 Å². The van der Waals surface area contributed by atoms with Crippen molar-refractivity contribution in [2.75, 3.05) is 0 Å². The van der Waals surface area contributed by atoms with Gasteiger partial charge >= 0.3 is 0 Å². The third-order valence-corrected chi connectivity index (χ3v) is 2.32. The van der Waals surface area contributed by atoms with E-state index in [0.29, 0.717) is 0 Å². The second-order valence-corrected chi connectivity index (χ2v) is 3.36. The summed E-state index contributed by atoms with van der Waals surface area (Å²) in [6.45, 7) is 2.22. The molecule has 1 heterocycles. The van der Waals surface area contributed by atoms with Crippen molar-refractivity contribution in [3.63, 3.8) is 0 Å². The van der Waals surface area contributed by atoms with Crippen LogP contribution in [-0.4, -0.2) is 4.98 Å². The van der Waals surface area contributed by atoms with Crippen molar-refractivity contribution in [3.05, 3.63) is 16.6 Å². The molecule has 0 spiro atoms. The Balaban J connectivity index is 2.15. The fraction of sp³-hybridized carbons (Fsp3) is 0.625. The first-order valence-electron chi connectivity index (χ1n) is 3.82. The highest BCUT2D eigenvalue weighted by atomic mass is 32.1. The first-order valence-corrected chi connectivity index (χ1v) is 4.70. The number of nitrogens with zero attached hydrogens (tertiary/aromatic N) is 1. The minimum atomic E-state index is 1.17. The number of hydrogen-bond acceptors (Lipinski definition) is 2. The number of aryl methyl sites for hydroxylation is 1. The Kier molecular flexibility index (Phi) is 3.44. The van der Waals surface area contributed by atoms with Gasteiger partial charge in [-0.25, -0.2) is 4.98 Å². The van der Waals surface area contributed by atoms with Gasteiger partial charge in [0.2, 0.25) is 0 Å². The maximum atomic E-state index is 4.21. The molecular formula is C8H13NS. The van der Waals surface area contributed by atoms with Crippen LogP contribution in [0.25, 0.3) is 0 Å². The van der Waals surface area contributed by atoms with Gasteiger partial charge in [-0.1, -0.05) is 19.8 Å². The molecule has 1 nitrogen and oxygen atoms in total. The number of thiazole rings is 1. The van der Waals surface area contributed by atoms with Gasteiger partial charge in [-0.3, -0.25) is 0 Å². The Labute approximate surface area is 66.1 Å². The lowest BCUT2D eigenvalue weighted by atomic mass is 10.2. The van der Waals surface area contributed by atoms with Crippen molar-refractivity contribution in [3.8, 4) is 0 Å². The van der Waals surface area contributed by atoms with Gasteiger partial charge in [0.15, 0.2) is 0 Å². The number of hydrogen-bond donors (Lipinski definition) is 0. The number of aromatic nitrogens is 1. The molecule has 0 amide bonds. The fourth-order valence-corrected chi connectivity index (χ4v) is 1.57. The van der Waals surface area contributed by atoms with E-state index in [4.69, 9.17) is 0 Å². The molecule has 0 saturated heterocycles. The average molecular weight is 155 g/mol. The SMILES string of the molecule is CCCCCc1nccs1. The summed E-state index contributed by atoms with van der Waals surface area (Å²) >= 11 is 1.76. The normalized spacial score (nSPS) is 10.1. The van der Waals surface area contributed by atoms with Crippen LogP contribution in [0.5, 0.6) is 0 Å². The molecule has 0 saturated carbocycles. The van der Waals surface area contributed by atoms with Crippen LogP contribution >= 0.6 is 11.3 Å². The molecule has 0 aliphatic rings. The first kappa shape index (κ1) is 7.73. The zero-order valence-electron chi connectivity index (χ0n) is 6.34. The number of unbranched alkanes of at least 4 members (excludes halogenated alkanes) is 2. The largest absolute Gasteiger partial charge is 0.250 e. The van der Waals surface area contributed by atoms with Crippen LogP contribution in [0.4, 0.5) is 0 Å². The van der Waals surface area contributed by atoms with Crippen LogP contribution < -0.4 is 0 Å². The molecule has 2 heteroatoms. The average Bonchev–Trinajstić information content (AvgIpc) is 2.41. The van der Waals surface area contributed by atoms with Crippen molar-refractivity contribution in [2.24, 2.45) is 0 Å². The van der Waals surface area contributed by atoms with Crippen LogP contribution in [0.1, 0.15) is 31.2 Å². The van der Waals surface area contributed by atoms with Gasteiger partial charge in [-0.05, 0) is 12.8 Å². The van der Waals surface area contributed by atoms with E-state index in [2.05, 4.69) is 11.9 Å². The van der Waals surface area contributed by atoms with E-state index in [1.807, 2.05) is 11.6 Å². The Morgan fingerprint density at radius 1 is 1.50 bits per heavy atom. The predicted molar refractivity (Wildman–Crippen MR) is 45.3 cm³/mol. The van der Waals surface area contributed by atoms with E-state index in [-0.39, 0.29) is 0 Å². The highest BCUT2D eigenvalue weighted by molar-refractivity contribution is 7.09. The van der Waals surface area contributed by atoms with Gasteiger partial charge in [-0.2, -0.15) is 0 Å². The summed E-state index contributed by atoms with van der Waals surface area (Å²) in [5.74, 6) is 0. The predicted octanol–water partition coefficient (Wildman–Crippen LogP) is 2.88. The van der Waals surface area contributed by atoms with E-state index in [1.165, 1.54) is 30.7 Å². The molecule has 0 aliphatic carbocycles. The highest BCUT2D eigenvalue weighted by Gasteiger charge is 1.92. The van der Waals surface area contributed by atoms with Gasteiger partial charge in [-0.15, -0.1) is 11.3 Å². The summed E-state index contributed by atoms with van der Waals surface area (Å²) in [5.41, 5.74) is 0. The summed E-state index contributed by atoms with van der Waals surface area (Å²) in [6.07, 6.45) is 6.98. The van der Waals surface area contributed by atoms with E-state index in [1.54, 1.807) is 11.3 Å². The zero-order chi connectivity index (χ0) is 7.23. The Morgan fingerprint density at radius 3 is 3.00 bits per heavy atom. The minimum Gasteiger partial charge on any atom is -0.250 e. The maximum absolute atomic E-state index is 4.21. The van der Waals surface area contributed by atoms with Crippen molar-refractivity contribution < 1.29 is 0 Å². The van der Waals surface area contributed by atoms with Crippen molar-refractivity contribution >= 4 is 11.3 Å². The van der Waals surface area contributed by atoms with Crippen LogP contribution in [0.2, 0.25) is 0 Å². The molecule has 1 aromatic heterocycles. The molecule has 0 aromatic carbocycles. The monoisotopic (exact) mass is 155 g/mol.